The van der Waals surface area contributed by atoms with Crippen molar-refractivity contribution < 1.29 is 4.79 Å². The van der Waals surface area contributed by atoms with Crippen LogP contribution in [-0.2, 0) is 11.3 Å². The minimum absolute atomic E-state index is 0.0683. The highest BCUT2D eigenvalue weighted by Gasteiger charge is 2.14. The smallest absolute Gasteiger partial charge is 0.243 e. The van der Waals surface area contributed by atoms with E-state index in [1.807, 2.05) is 0 Å². The number of hydrogen-bond donors (Lipinski definition) is 1. The van der Waals surface area contributed by atoms with Crippen LogP contribution in [0, 0.1) is 0 Å². The maximum atomic E-state index is 12.2. The van der Waals surface area contributed by atoms with E-state index in [4.69, 9.17) is 5.73 Å². The van der Waals surface area contributed by atoms with Crippen molar-refractivity contribution in [2.24, 2.45) is 0 Å². The highest BCUT2D eigenvalue weighted by molar-refractivity contribution is 5.83. The highest BCUT2D eigenvalue weighted by atomic mass is 16.2. The molecule has 7 nitrogen and oxygen atoms in total. The van der Waals surface area contributed by atoms with Gasteiger partial charge in [-0.15, -0.1) is 13.2 Å². The van der Waals surface area contributed by atoms with Crippen molar-refractivity contribution >= 4 is 22.9 Å². The fourth-order valence-corrected chi connectivity index (χ4v) is 1.85. The number of fused-ring (bicyclic) bond motifs is 1. The molecule has 1 amide bonds. The van der Waals surface area contributed by atoms with E-state index in [1.54, 1.807) is 21.6 Å². The van der Waals surface area contributed by atoms with Crippen molar-refractivity contribution in [3.63, 3.8) is 0 Å². The molecule has 0 saturated carbocycles. The lowest BCUT2D eigenvalue weighted by molar-refractivity contribution is -0.130. The number of amides is 1. The van der Waals surface area contributed by atoms with Crippen LogP contribution < -0.4 is 5.73 Å². The van der Waals surface area contributed by atoms with Gasteiger partial charge < -0.3 is 15.2 Å². The number of rotatable bonds is 6. The van der Waals surface area contributed by atoms with E-state index in [-0.39, 0.29) is 12.5 Å². The Morgan fingerprint density at radius 1 is 1.30 bits per heavy atom. The van der Waals surface area contributed by atoms with Crippen molar-refractivity contribution in [3.8, 4) is 0 Å². The normalized spacial score (nSPS) is 10.4. The first-order valence-corrected chi connectivity index (χ1v) is 6.08. The predicted molar refractivity (Wildman–Crippen MR) is 76.7 cm³/mol. The Morgan fingerprint density at radius 2 is 2.00 bits per heavy atom. The van der Waals surface area contributed by atoms with Crippen LogP contribution in [0.3, 0.4) is 0 Å². The average molecular weight is 272 g/mol. The molecule has 0 aliphatic rings. The van der Waals surface area contributed by atoms with Crippen molar-refractivity contribution in [2.75, 3.05) is 18.8 Å². The van der Waals surface area contributed by atoms with Crippen molar-refractivity contribution in [3.05, 3.63) is 38.0 Å². The summed E-state index contributed by atoms with van der Waals surface area (Å²) in [6.07, 6.45) is 6.24. The Labute approximate surface area is 116 Å². The van der Waals surface area contributed by atoms with Crippen LogP contribution in [0.1, 0.15) is 0 Å². The zero-order valence-electron chi connectivity index (χ0n) is 11.1. The van der Waals surface area contributed by atoms with Gasteiger partial charge in [-0.05, 0) is 0 Å². The van der Waals surface area contributed by atoms with E-state index in [9.17, 15) is 4.79 Å². The predicted octanol–water partition coefficient (Wildman–Crippen LogP) is 0.609. The molecular weight excluding hydrogens is 256 g/mol. The quantitative estimate of drug-likeness (QED) is 0.778. The first-order valence-electron chi connectivity index (χ1n) is 6.08. The van der Waals surface area contributed by atoms with E-state index in [0.29, 0.717) is 30.1 Å². The van der Waals surface area contributed by atoms with Crippen LogP contribution in [0.2, 0.25) is 0 Å². The molecule has 0 aliphatic heterocycles. The molecule has 2 heterocycles. The Kier molecular flexibility index (Phi) is 4.09. The third-order valence-electron chi connectivity index (χ3n) is 2.79. The summed E-state index contributed by atoms with van der Waals surface area (Å²) >= 11 is 0. The van der Waals surface area contributed by atoms with Crippen LogP contribution in [-0.4, -0.2) is 43.4 Å². The van der Waals surface area contributed by atoms with E-state index in [0.717, 1.165) is 0 Å². The summed E-state index contributed by atoms with van der Waals surface area (Å²) in [6, 6.07) is 0. The van der Waals surface area contributed by atoms with E-state index in [1.165, 1.54) is 12.7 Å². The van der Waals surface area contributed by atoms with Crippen molar-refractivity contribution in [1.29, 1.82) is 0 Å². The molecule has 0 aliphatic carbocycles. The fraction of sp³-hybridized carbons (Fsp3) is 0.231. The number of imidazole rings is 1. The molecule has 0 saturated heterocycles. The number of carbonyl (C=O) groups excluding carboxylic acids is 1. The second-order valence-corrected chi connectivity index (χ2v) is 4.18. The van der Waals surface area contributed by atoms with Gasteiger partial charge in [0.2, 0.25) is 5.91 Å². The molecule has 2 aromatic heterocycles. The van der Waals surface area contributed by atoms with Crippen molar-refractivity contribution in [2.45, 2.75) is 6.54 Å². The lowest BCUT2D eigenvalue weighted by Crippen LogP contribution is -2.34. The Hall–Kier alpha value is -2.70. The number of carbonyl (C=O) groups is 1. The largest absolute Gasteiger partial charge is 0.382 e. The van der Waals surface area contributed by atoms with Gasteiger partial charge in [0.25, 0.3) is 0 Å². The molecule has 2 rings (SSSR count). The molecule has 0 bridgehead atoms. The van der Waals surface area contributed by atoms with Gasteiger partial charge in [0.15, 0.2) is 11.5 Å². The molecule has 0 spiro atoms. The lowest BCUT2D eigenvalue weighted by atomic mass is 10.4. The minimum atomic E-state index is -0.0683. The van der Waals surface area contributed by atoms with E-state index in [2.05, 4.69) is 28.1 Å². The summed E-state index contributed by atoms with van der Waals surface area (Å²) in [4.78, 5) is 26.0. The number of hydrogen-bond acceptors (Lipinski definition) is 5. The molecule has 0 fully saturated rings. The van der Waals surface area contributed by atoms with Crippen LogP contribution in [0.4, 0.5) is 5.82 Å². The van der Waals surface area contributed by atoms with Gasteiger partial charge in [0.05, 0.1) is 6.33 Å². The molecule has 7 heteroatoms. The third kappa shape index (κ3) is 2.66. The molecule has 0 radical (unpaired) electrons. The maximum Gasteiger partial charge on any atom is 0.243 e. The lowest BCUT2D eigenvalue weighted by Gasteiger charge is -2.19. The Balaban J connectivity index is 2.23. The number of nitrogens with zero attached hydrogens (tertiary/aromatic N) is 5. The van der Waals surface area contributed by atoms with Crippen LogP contribution in [0.15, 0.2) is 38.0 Å². The topological polar surface area (TPSA) is 89.9 Å². The number of nitrogen functional groups attached to an aromatic ring is 1. The maximum absolute atomic E-state index is 12.2. The van der Waals surface area contributed by atoms with E-state index >= 15 is 0 Å². The first-order chi connectivity index (χ1) is 9.67. The molecule has 20 heavy (non-hydrogen) atoms. The third-order valence-corrected chi connectivity index (χ3v) is 2.79. The molecule has 2 aromatic rings. The second kappa shape index (κ2) is 5.96. The molecule has 0 atom stereocenters. The summed E-state index contributed by atoms with van der Waals surface area (Å²) in [7, 11) is 0. The van der Waals surface area contributed by atoms with Gasteiger partial charge in [-0.1, -0.05) is 12.2 Å². The zero-order valence-corrected chi connectivity index (χ0v) is 11.1. The molecule has 0 aromatic carbocycles. The number of aromatic nitrogens is 4. The van der Waals surface area contributed by atoms with Gasteiger partial charge in [-0.3, -0.25) is 4.79 Å². The van der Waals surface area contributed by atoms with Gasteiger partial charge in [-0.25, -0.2) is 15.0 Å². The van der Waals surface area contributed by atoms with Crippen LogP contribution in [0.5, 0.6) is 0 Å². The summed E-state index contributed by atoms with van der Waals surface area (Å²) in [5.41, 5.74) is 6.75. The van der Waals surface area contributed by atoms with Gasteiger partial charge in [-0.2, -0.15) is 0 Å². The van der Waals surface area contributed by atoms with Crippen molar-refractivity contribution in [1.82, 2.24) is 24.4 Å². The molecule has 2 N–H and O–H groups in total. The SMILES string of the molecule is C=CCN(CC=C)C(=O)Cn1cnc2c(N)ncnc21. The van der Waals surface area contributed by atoms with Gasteiger partial charge in [0.1, 0.15) is 18.4 Å². The minimum Gasteiger partial charge on any atom is -0.382 e. The standard InChI is InChI=1S/C13H16N6O/c1-3-5-18(6-4-2)10(20)7-19-9-17-11-12(14)15-8-16-13(11)19/h3-4,8-9H,1-2,5-7H2,(H2,14,15,16). The Bertz CT molecular complexity index is 637. The molecule has 0 unspecified atom stereocenters. The summed E-state index contributed by atoms with van der Waals surface area (Å²) in [5.74, 6) is 0.233. The van der Waals surface area contributed by atoms with Gasteiger partial charge in [0, 0.05) is 13.1 Å². The molecular formula is C13H16N6O. The number of anilines is 1. The summed E-state index contributed by atoms with van der Waals surface area (Å²) in [5, 5.41) is 0. The fourth-order valence-electron chi connectivity index (χ4n) is 1.85. The number of nitrogens with two attached hydrogens (primary N) is 1. The monoisotopic (exact) mass is 272 g/mol. The zero-order chi connectivity index (χ0) is 14.5. The second-order valence-electron chi connectivity index (χ2n) is 4.18. The highest BCUT2D eigenvalue weighted by Crippen LogP contribution is 2.14. The first kappa shape index (κ1) is 13.7. The Morgan fingerprint density at radius 3 is 2.65 bits per heavy atom. The molecule has 104 valence electrons. The summed E-state index contributed by atoms with van der Waals surface area (Å²) < 4.78 is 1.65. The summed E-state index contributed by atoms with van der Waals surface area (Å²) in [6.45, 7) is 8.35. The average Bonchev–Trinajstić information content (AvgIpc) is 2.83. The van der Waals surface area contributed by atoms with Crippen LogP contribution in [0.25, 0.3) is 11.2 Å². The van der Waals surface area contributed by atoms with Gasteiger partial charge >= 0.3 is 0 Å². The van der Waals surface area contributed by atoms with Crippen LogP contribution >= 0.6 is 0 Å². The van der Waals surface area contributed by atoms with E-state index < -0.39 is 0 Å².